The van der Waals surface area contributed by atoms with E-state index in [1.165, 1.54) is 21.3 Å². The van der Waals surface area contributed by atoms with Crippen LogP contribution in [0.5, 0.6) is 5.75 Å². The molecule has 1 saturated heterocycles. The van der Waals surface area contributed by atoms with Crippen molar-refractivity contribution in [3.05, 3.63) is 59.9 Å². The first-order valence-corrected chi connectivity index (χ1v) is 10.5. The quantitative estimate of drug-likeness (QED) is 0.697. The molecule has 0 aliphatic carbocycles. The van der Waals surface area contributed by atoms with Gasteiger partial charge in [-0.3, -0.25) is 0 Å². The number of quaternary nitrogens is 1. The molecule has 1 heterocycles. The van der Waals surface area contributed by atoms with Gasteiger partial charge in [-0.15, -0.1) is 0 Å². The maximum absolute atomic E-state index is 13.9. The van der Waals surface area contributed by atoms with Gasteiger partial charge in [0.2, 0.25) is 10.0 Å². The van der Waals surface area contributed by atoms with Crippen molar-refractivity contribution in [1.82, 2.24) is 4.31 Å². The van der Waals surface area contributed by atoms with Gasteiger partial charge in [-0.25, -0.2) is 21.6 Å². The van der Waals surface area contributed by atoms with Crippen molar-refractivity contribution in [2.75, 3.05) is 39.3 Å². The Labute approximate surface area is 162 Å². The zero-order valence-electron chi connectivity index (χ0n) is 15.2. The Kier molecular flexibility index (Phi) is 6.58. The minimum absolute atomic E-state index is 0.271. The molecule has 0 atom stereocenters. The number of nitrogens with zero attached hydrogens (tertiary/aromatic N) is 1. The van der Waals surface area contributed by atoms with Crippen LogP contribution in [0.4, 0.5) is 13.2 Å². The van der Waals surface area contributed by atoms with Gasteiger partial charge in [0.15, 0.2) is 0 Å². The van der Waals surface area contributed by atoms with Crippen LogP contribution in [0.1, 0.15) is 6.42 Å². The Morgan fingerprint density at radius 3 is 2.25 bits per heavy atom. The predicted octanol–water partition coefficient (Wildman–Crippen LogP) is 1.46. The summed E-state index contributed by atoms with van der Waals surface area (Å²) in [5.74, 6) is -1.60. The van der Waals surface area contributed by atoms with Gasteiger partial charge in [-0.2, -0.15) is 4.31 Å². The Morgan fingerprint density at radius 1 is 0.964 bits per heavy atom. The van der Waals surface area contributed by atoms with Crippen LogP contribution in [0.3, 0.4) is 0 Å². The van der Waals surface area contributed by atoms with Gasteiger partial charge < -0.3 is 9.64 Å². The molecule has 0 amide bonds. The van der Waals surface area contributed by atoms with E-state index in [4.69, 9.17) is 4.74 Å². The Bertz CT molecular complexity index is 899. The number of hydrogen-bond acceptors (Lipinski definition) is 3. The first kappa shape index (κ1) is 20.6. The maximum Gasteiger partial charge on any atom is 0.246 e. The second-order valence-corrected chi connectivity index (χ2v) is 8.54. The van der Waals surface area contributed by atoms with Gasteiger partial charge in [-0.05, 0) is 36.4 Å². The molecule has 28 heavy (non-hydrogen) atoms. The fraction of sp³-hybridized carbons (Fsp3) is 0.368. The maximum atomic E-state index is 13.9. The molecule has 0 saturated carbocycles. The van der Waals surface area contributed by atoms with Crippen molar-refractivity contribution in [1.29, 1.82) is 0 Å². The van der Waals surface area contributed by atoms with Crippen LogP contribution in [-0.4, -0.2) is 52.1 Å². The standard InChI is InChI=1S/C19H21F3N2O3S/c20-15-2-5-17(6-3-15)27-13-1-8-23-9-11-24(12-10-23)28(25,26)19-7-4-16(21)14-18(19)22/h2-7,14H,1,8-13H2/p+1. The lowest BCUT2D eigenvalue weighted by Crippen LogP contribution is -3.14. The Morgan fingerprint density at radius 2 is 1.61 bits per heavy atom. The summed E-state index contributed by atoms with van der Waals surface area (Å²) in [7, 11) is -3.97. The van der Waals surface area contributed by atoms with Gasteiger partial charge in [0, 0.05) is 12.5 Å². The van der Waals surface area contributed by atoms with Crippen molar-refractivity contribution in [3.8, 4) is 5.75 Å². The van der Waals surface area contributed by atoms with E-state index in [0.717, 1.165) is 25.1 Å². The molecule has 2 aromatic carbocycles. The third-order valence-corrected chi connectivity index (χ3v) is 6.63. The van der Waals surface area contributed by atoms with Gasteiger partial charge in [0.05, 0.1) is 39.3 Å². The average Bonchev–Trinajstić information content (AvgIpc) is 2.67. The topological polar surface area (TPSA) is 51.0 Å². The molecular formula is C19H22F3N2O3S+. The SMILES string of the molecule is O=S(=O)(c1ccc(F)cc1F)N1CC[NH+](CCCOc2ccc(F)cc2)CC1. The van der Waals surface area contributed by atoms with Crippen molar-refractivity contribution in [2.45, 2.75) is 11.3 Å². The summed E-state index contributed by atoms with van der Waals surface area (Å²) in [6.45, 7) is 3.02. The van der Waals surface area contributed by atoms with Crippen molar-refractivity contribution in [3.63, 3.8) is 0 Å². The lowest BCUT2D eigenvalue weighted by molar-refractivity contribution is -0.903. The second-order valence-electron chi connectivity index (χ2n) is 6.63. The zero-order chi connectivity index (χ0) is 20.1. The third kappa shape index (κ3) is 5.03. The molecular weight excluding hydrogens is 393 g/mol. The summed E-state index contributed by atoms with van der Waals surface area (Å²) in [6.07, 6.45) is 0.770. The monoisotopic (exact) mass is 415 g/mol. The van der Waals surface area contributed by atoms with E-state index >= 15 is 0 Å². The van der Waals surface area contributed by atoms with E-state index in [1.807, 2.05) is 0 Å². The highest BCUT2D eigenvalue weighted by Gasteiger charge is 2.32. The molecule has 0 radical (unpaired) electrons. The summed E-state index contributed by atoms with van der Waals surface area (Å²) >= 11 is 0. The molecule has 0 bridgehead atoms. The average molecular weight is 415 g/mol. The lowest BCUT2D eigenvalue weighted by Gasteiger charge is -2.31. The molecule has 1 aliphatic rings. The summed E-state index contributed by atoms with van der Waals surface area (Å²) < 4.78 is 71.7. The molecule has 1 N–H and O–H groups in total. The van der Waals surface area contributed by atoms with Gasteiger partial charge in [0.1, 0.15) is 28.1 Å². The minimum atomic E-state index is -3.97. The molecule has 0 aromatic heterocycles. The number of halogens is 3. The molecule has 1 aliphatic heterocycles. The molecule has 3 rings (SSSR count). The molecule has 152 valence electrons. The number of piperazine rings is 1. The molecule has 5 nitrogen and oxygen atoms in total. The molecule has 0 spiro atoms. The normalized spacial score (nSPS) is 16.2. The number of hydrogen-bond donors (Lipinski definition) is 1. The van der Waals surface area contributed by atoms with E-state index in [9.17, 15) is 21.6 Å². The third-order valence-electron chi connectivity index (χ3n) is 4.70. The van der Waals surface area contributed by atoms with Crippen LogP contribution in [0.2, 0.25) is 0 Å². The largest absolute Gasteiger partial charge is 0.493 e. The number of benzene rings is 2. The predicted molar refractivity (Wildman–Crippen MR) is 97.2 cm³/mol. The van der Waals surface area contributed by atoms with Gasteiger partial charge >= 0.3 is 0 Å². The smallest absolute Gasteiger partial charge is 0.246 e. The van der Waals surface area contributed by atoms with Crippen molar-refractivity contribution in [2.24, 2.45) is 0 Å². The van der Waals surface area contributed by atoms with Crippen molar-refractivity contribution >= 4 is 10.0 Å². The van der Waals surface area contributed by atoms with Gasteiger partial charge in [-0.1, -0.05) is 0 Å². The van der Waals surface area contributed by atoms with E-state index < -0.39 is 26.6 Å². The lowest BCUT2D eigenvalue weighted by atomic mass is 10.3. The molecule has 0 unspecified atom stereocenters. The number of nitrogens with one attached hydrogen (secondary N) is 1. The van der Waals surface area contributed by atoms with Crippen molar-refractivity contribution < 1.29 is 31.2 Å². The summed E-state index contributed by atoms with van der Waals surface area (Å²) in [6, 6.07) is 8.30. The van der Waals surface area contributed by atoms with E-state index in [2.05, 4.69) is 0 Å². The Hall–Kier alpha value is -2.10. The summed E-state index contributed by atoms with van der Waals surface area (Å²) in [5.41, 5.74) is 0. The highest BCUT2D eigenvalue weighted by Crippen LogP contribution is 2.20. The van der Waals surface area contributed by atoms with Crippen LogP contribution >= 0.6 is 0 Å². The zero-order valence-corrected chi connectivity index (χ0v) is 16.0. The molecule has 2 aromatic rings. The fourth-order valence-corrected chi connectivity index (χ4v) is 4.65. The van der Waals surface area contributed by atoms with Crippen LogP contribution in [0.25, 0.3) is 0 Å². The van der Waals surface area contributed by atoms with Crippen LogP contribution in [-0.2, 0) is 10.0 Å². The van der Waals surface area contributed by atoms with E-state index in [0.29, 0.717) is 31.5 Å². The molecule has 9 heteroatoms. The fourth-order valence-electron chi connectivity index (χ4n) is 3.16. The number of rotatable bonds is 7. The van der Waals surface area contributed by atoms with E-state index in [1.54, 1.807) is 12.1 Å². The Balaban J connectivity index is 1.45. The number of ether oxygens (including phenoxy) is 1. The van der Waals surface area contributed by atoms with Gasteiger partial charge in [0.25, 0.3) is 0 Å². The second kappa shape index (κ2) is 8.93. The minimum Gasteiger partial charge on any atom is -0.493 e. The highest BCUT2D eigenvalue weighted by molar-refractivity contribution is 7.89. The first-order chi connectivity index (χ1) is 13.4. The first-order valence-electron chi connectivity index (χ1n) is 9.03. The summed E-state index contributed by atoms with van der Waals surface area (Å²) in [5, 5.41) is 0. The van der Waals surface area contributed by atoms with Crippen LogP contribution < -0.4 is 9.64 Å². The van der Waals surface area contributed by atoms with Crippen LogP contribution in [0.15, 0.2) is 47.4 Å². The molecule has 1 fully saturated rings. The van der Waals surface area contributed by atoms with E-state index in [-0.39, 0.29) is 18.9 Å². The number of sulfonamides is 1. The van der Waals surface area contributed by atoms with Crippen LogP contribution in [0, 0.1) is 17.5 Å². The highest BCUT2D eigenvalue weighted by atomic mass is 32.2. The summed E-state index contributed by atoms with van der Waals surface area (Å²) in [4.78, 5) is 0.735.